The van der Waals surface area contributed by atoms with E-state index in [-0.39, 0.29) is 12.8 Å². The summed E-state index contributed by atoms with van der Waals surface area (Å²) in [6.07, 6.45) is 14.4. The van der Waals surface area contributed by atoms with Gasteiger partial charge in [-0.3, -0.25) is 9.59 Å². The van der Waals surface area contributed by atoms with E-state index >= 15 is 0 Å². The first-order valence-corrected chi connectivity index (χ1v) is 9.34. The number of carbonyl (C=O) groups excluding carboxylic acids is 1. The standard InChI is InChI=1S/C12H23N.C5H8N4O3/c1-3-7-11(8-4-1)13-12-9-5-2-6-10-12;6-4(10)2-1-3(5(11)12)8-9-7/h11-13H,1-10H2;3H,1-2H2,(H2,6,10)(H,11,12)/t;3-/m.1/s1. The Morgan fingerprint density at radius 1 is 1.08 bits per heavy atom. The van der Waals surface area contributed by atoms with Crippen molar-refractivity contribution < 1.29 is 14.7 Å². The van der Waals surface area contributed by atoms with Crippen LogP contribution in [0.4, 0.5) is 0 Å². The van der Waals surface area contributed by atoms with Crippen molar-refractivity contribution in [2.24, 2.45) is 10.8 Å². The fourth-order valence-corrected chi connectivity index (χ4v) is 3.44. The number of azide groups is 1. The molecule has 0 spiro atoms. The van der Waals surface area contributed by atoms with Crippen molar-refractivity contribution in [3.63, 3.8) is 0 Å². The normalized spacial score (nSPS) is 19.8. The zero-order valence-corrected chi connectivity index (χ0v) is 14.9. The average molecular weight is 353 g/mol. The summed E-state index contributed by atoms with van der Waals surface area (Å²) in [5, 5.41) is 15.2. The van der Waals surface area contributed by atoms with Crippen molar-refractivity contribution in [1.29, 1.82) is 0 Å². The molecular weight excluding hydrogens is 322 g/mol. The predicted octanol–water partition coefficient (Wildman–Crippen LogP) is 3.26. The molecule has 4 N–H and O–H groups in total. The second-order valence-electron chi connectivity index (χ2n) is 6.90. The lowest BCUT2D eigenvalue weighted by atomic mass is 9.91. The van der Waals surface area contributed by atoms with Crippen LogP contribution in [0.3, 0.4) is 0 Å². The first-order chi connectivity index (χ1) is 12.0. The minimum Gasteiger partial charge on any atom is -0.481 e. The van der Waals surface area contributed by atoms with E-state index in [0.717, 1.165) is 12.1 Å². The average Bonchev–Trinajstić information content (AvgIpc) is 2.60. The van der Waals surface area contributed by atoms with Gasteiger partial charge in [0.2, 0.25) is 5.91 Å². The Morgan fingerprint density at radius 2 is 1.56 bits per heavy atom. The van der Waals surface area contributed by atoms with Gasteiger partial charge in [-0.25, -0.2) is 0 Å². The van der Waals surface area contributed by atoms with Crippen molar-refractivity contribution >= 4 is 11.9 Å². The molecule has 1 amide bonds. The van der Waals surface area contributed by atoms with Crippen LogP contribution in [-0.2, 0) is 9.59 Å². The van der Waals surface area contributed by atoms with E-state index < -0.39 is 17.9 Å². The van der Waals surface area contributed by atoms with Gasteiger partial charge in [-0.05, 0) is 37.6 Å². The van der Waals surface area contributed by atoms with E-state index in [1.165, 1.54) is 64.2 Å². The molecule has 2 rings (SSSR count). The van der Waals surface area contributed by atoms with E-state index in [2.05, 4.69) is 15.3 Å². The molecule has 0 aromatic rings. The number of nitrogens with one attached hydrogen (secondary N) is 1. The van der Waals surface area contributed by atoms with Crippen LogP contribution in [0.15, 0.2) is 5.11 Å². The summed E-state index contributed by atoms with van der Waals surface area (Å²) >= 11 is 0. The van der Waals surface area contributed by atoms with Gasteiger partial charge in [-0.15, -0.1) is 0 Å². The monoisotopic (exact) mass is 353 g/mol. The third kappa shape index (κ3) is 9.94. The van der Waals surface area contributed by atoms with E-state index in [1.54, 1.807) is 0 Å². The Labute approximate surface area is 149 Å². The Bertz CT molecular complexity index is 435. The maximum atomic E-state index is 10.3. The molecule has 0 radical (unpaired) electrons. The van der Waals surface area contributed by atoms with E-state index in [9.17, 15) is 9.59 Å². The number of carboxylic acids is 1. The van der Waals surface area contributed by atoms with Gasteiger partial charge >= 0.3 is 5.97 Å². The van der Waals surface area contributed by atoms with Gasteiger partial charge in [0.05, 0.1) is 0 Å². The Kier molecular flexibility index (Phi) is 10.7. The summed E-state index contributed by atoms with van der Waals surface area (Å²) in [5.74, 6) is -1.87. The van der Waals surface area contributed by atoms with Crippen molar-refractivity contribution in [1.82, 2.24) is 5.32 Å². The molecule has 0 saturated heterocycles. The second kappa shape index (κ2) is 12.6. The van der Waals surface area contributed by atoms with Crippen LogP contribution in [0.5, 0.6) is 0 Å². The smallest absolute Gasteiger partial charge is 0.312 e. The van der Waals surface area contributed by atoms with Crippen molar-refractivity contribution in [3.05, 3.63) is 10.4 Å². The van der Waals surface area contributed by atoms with Crippen molar-refractivity contribution in [3.8, 4) is 0 Å². The van der Waals surface area contributed by atoms with E-state index in [1.807, 2.05) is 0 Å². The molecule has 2 fully saturated rings. The molecule has 0 aromatic heterocycles. The second-order valence-corrected chi connectivity index (χ2v) is 6.90. The van der Waals surface area contributed by atoms with Gasteiger partial charge in [0, 0.05) is 23.4 Å². The van der Waals surface area contributed by atoms with Crippen LogP contribution in [-0.4, -0.2) is 35.1 Å². The lowest BCUT2D eigenvalue weighted by Gasteiger charge is -2.30. The molecule has 2 aliphatic carbocycles. The molecule has 25 heavy (non-hydrogen) atoms. The van der Waals surface area contributed by atoms with Crippen molar-refractivity contribution in [2.45, 2.75) is 95.2 Å². The third-order valence-corrected chi connectivity index (χ3v) is 4.82. The van der Waals surface area contributed by atoms with Gasteiger partial charge in [0.1, 0.15) is 6.04 Å². The Balaban J connectivity index is 0.000000252. The summed E-state index contributed by atoms with van der Waals surface area (Å²) < 4.78 is 0. The van der Waals surface area contributed by atoms with Crippen LogP contribution in [0.25, 0.3) is 10.4 Å². The summed E-state index contributed by atoms with van der Waals surface area (Å²) in [6.45, 7) is 0. The van der Waals surface area contributed by atoms with E-state index in [4.69, 9.17) is 16.4 Å². The summed E-state index contributed by atoms with van der Waals surface area (Å²) in [4.78, 5) is 22.8. The molecule has 0 aromatic carbocycles. The largest absolute Gasteiger partial charge is 0.481 e. The highest BCUT2D eigenvalue weighted by atomic mass is 16.4. The topological polar surface area (TPSA) is 141 Å². The predicted molar refractivity (Wildman–Crippen MR) is 95.9 cm³/mol. The van der Waals surface area contributed by atoms with Gasteiger partial charge < -0.3 is 16.2 Å². The number of nitrogens with zero attached hydrogens (tertiary/aromatic N) is 3. The molecule has 8 nitrogen and oxygen atoms in total. The number of primary amides is 1. The molecule has 0 unspecified atom stereocenters. The molecule has 0 heterocycles. The number of carboxylic acid groups (broad SMARTS) is 1. The van der Waals surface area contributed by atoms with Gasteiger partial charge in [0.25, 0.3) is 0 Å². The van der Waals surface area contributed by atoms with Crippen LogP contribution in [0.2, 0.25) is 0 Å². The number of aliphatic carboxylic acids is 1. The first-order valence-electron chi connectivity index (χ1n) is 9.34. The molecule has 1 atom stereocenters. The lowest BCUT2D eigenvalue weighted by molar-refractivity contribution is -0.138. The summed E-state index contributed by atoms with van der Waals surface area (Å²) in [5.41, 5.74) is 12.7. The number of hydrogen-bond acceptors (Lipinski definition) is 4. The Hall–Kier alpha value is -1.79. The van der Waals surface area contributed by atoms with Crippen LogP contribution in [0.1, 0.15) is 77.0 Å². The van der Waals surface area contributed by atoms with Crippen LogP contribution < -0.4 is 11.1 Å². The molecule has 142 valence electrons. The van der Waals surface area contributed by atoms with Gasteiger partial charge in [-0.2, -0.15) is 0 Å². The number of carbonyl (C=O) groups is 2. The molecular formula is C17H31N5O3. The minimum absolute atomic E-state index is 0.0608. The quantitative estimate of drug-likeness (QED) is 0.367. The fourth-order valence-electron chi connectivity index (χ4n) is 3.44. The highest BCUT2D eigenvalue weighted by Gasteiger charge is 2.19. The van der Waals surface area contributed by atoms with Crippen molar-refractivity contribution in [2.75, 3.05) is 0 Å². The number of rotatable bonds is 7. The molecule has 0 aliphatic heterocycles. The molecule has 8 heteroatoms. The van der Waals surface area contributed by atoms with Gasteiger partial charge in [0.15, 0.2) is 0 Å². The third-order valence-electron chi connectivity index (χ3n) is 4.82. The number of hydrogen-bond donors (Lipinski definition) is 3. The maximum Gasteiger partial charge on any atom is 0.312 e. The van der Waals surface area contributed by atoms with Gasteiger partial charge in [-0.1, -0.05) is 43.6 Å². The first kappa shape index (κ1) is 21.3. The SMILES string of the molecule is C1CCC(NC2CCCCC2)CC1.[N-]=[N+]=N[C@H](CCC(N)=O)C(=O)O. The molecule has 2 aliphatic rings. The summed E-state index contributed by atoms with van der Waals surface area (Å²) in [6, 6.07) is 0.538. The highest BCUT2D eigenvalue weighted by Crippen LogP contribution is 2.22. The zero-order valence-electron chi connectivity index (χ0n) is 14.9. The van der Waals surface area contributed by atoms with Crippen LogP contribution in [0, 0.1) is 0 Å². The zero-order chi connectivity index (χ0) is 18.5. The summed E-state index contributed by atoms with van der Waals surface area (Å²) in [7, 11) is 0. The maximum absolute atomic E-state index is 10.3. The molecule has 2 saturated carbocycles. The number of nitrogens with two attached hydrogens (primary N) is 1. The fraction of sp³-hybridized carbons (Fsp3) is 0.882. The van der Waals surface area contributed by atoms with E-state index in [0.29, 0.717) is 0 Å². The lowest BCUT2D eigenvalue weighted by Crippen LogP contribution is -2.40. The number of amides is 1. The van der Waals surface area contributed by atoms with Crippen LogP contribution >= 0.6 is 0 Å². The molecule has 0 bridgehead atoms. The minimum atomic E-state index is -1.26. The Morgan fingerprint density at radius 3 is 1.92 bits per heavy atom. The highest BCUT2D eigenvalue weighted by molar-refractivity contribution is 5.77.